The summed E-state index contributed by atoms with van der Waals surface area (Å²) in [4.78, 5) is 14.9. The van der Waals surface area contributed by atoms with Gasteiger partial charge in [0, 0.05) is 18.0 Å². The van der Waals surface area contributed by atoms with Crippen LogP contribution in [-0.4, -0.2) is 17.6 Å². The first-order valence-corrected chi connectivity index (χ1v) is 5.14. The Morgan fingerprint density at radius 3 is 2.59 bits per heavy atom. The predicted octanol–water partition coefficient (Wildman–Crippen LogP) is 2.08. The van der Waals surface area contributed by atoms with Crippen LogP contribution in [0.5, 0.6) is 0 Å². The van der Waals surface area contributed by atoms with E-state index in [1.165, 1.54) is 5.01 Å². The molecule has 1 aromatic carbocycles. The topological polar surface area (TPSA) is 45.6 Å². The molecule has 0 aliphatic rings. The summed E-state index contributed by atoms with van der Waals surface area (Å²) in [7, 11) is 0. The maximum Gasteiger partial charge on any atom is 0.234 e. The lowest BCUT2D eigenvalue weighted by molar-refractivity contribution is -0.107. The van der Waals surface area contributed by atoms with Crippen molar-refractivity contribution < 1.29 is 4.79 Å². The number of rotatable bonds is 4. The molecule has 0 saturated heterocycles. The highest BCUT2D eigenvalue weighted by molar-refractivity contribution is 5.83. The molecule has 0 fully saturated rings. The molecule has 0 N–H and O–H groups in total. The third-order valence-electron chi connectivity index (χ3n) is 2.14. The minimum Gasteiger partial charge on any atom is -0.276 e. The largest absolute Gasteiger partial charge is 0.276 e. The third kappa shape index (κ3) is 2.98. The maximum absolute atomic E-state index is 10.9. The van der Waals surface area contributed by atoms with E-state index in [1.807, 2.05) is 42.5 Å². The second kappa shape index (κ2) is 5.55. The van der Waals surface area contributed by atoms with Gasteiger partial charge in [0.1, 0.15) is 0 Å². The second-order valence-corrected chi connectivity index (χ2v) is 3.32. The Kier molecular flexibility index (Phi) is 3.60. The number of hydrazone groups is 1. The predicted molar refractivity (Wildman–Crippen MR) is 66.8 cm³/mol. The molecule has 0 aliphatic carbocycles. The van der Waals surface area contributed by atoms with Crippen LogP contribution in [-0.2, 0) is 4.79 Å². The van der Waals surface area contributed by atoms with Crippen LogP contribution in [0.2, 0.25) is 0 Å². The van der Waals surface area contributed by atoms with E-state index in [1.54, 1.807) is 18.6 Å². The average Bonchev–Trinajstić information content (AvgIpc) is 2.42. The van der Waals surface area contributed by atoms with E-state index in [0.717, 1.165) is 11.3 Å². The van der Waals surface area contributed by atoms with Crippen molar-refractivity contribution in [3.05, 3.63) is 60.4 Å². The Labute approximate surface area is 99.2 Å². The molecular formula is C13H11N3O. The first-order valence-electron chi connectivity index (χ1n) is 5.14. The van der Waals surface area contributed by atoms with Gasteiger partial charge >= 0.3 is 0 Å². The van der Waals surface area contributed by atoms with Crippen molar-refractivity contribution in [3.8, 4) is 0 Å². The first-order chi connectivity index (χ1) is 8.40. The van der Waals surface area contributed by atoms with Crippen molar-refractivity contribution in [3.63, 3.8) is 0 Å². The molecule has 84 valence electrons. The molecule has 2 aromatic rings. The number of carbonyl (C=O) groups is 1. The van der Waals surface area contributed by atoms with E-state index in [0.29, 0.717) is 6.41 Å². The van der Waals surface area contributed by atoms with E-state index < -0.39 is 0 Å². The molecule has 0 unspecified atom stereocenters. The Morgan fingerprint density at radius 1 is 1.12 bits per heavy atom. The molecule has 17 heavy (non-hydrogen) atoms. The van der Waals surface area contributed by atoms with Gasteiger partial charge in [-0.25, -0.2) is 5.01 Å². The number of hydrogen-bond acceptors (Lipinski definition) is 3. The molecule has 0 spiro atoms. The number of carbonyl (C=O) groups excluding carboxylic acids is 1. The lowest BCUT2D eigenvalue weighted by atomic mass is 10.3. The van der Waals surface area contributed by atoms with E-state index in [-0.39, 0.29) is 0 Å². The first kappa shape index (κ1) is 11.0. The van der Waals surface area contributed by atoms with Gasteiger partial charge in [-0.2, -0.15) is 5.10 Å². The minimum absolute atomic E-state index is 0.669. The lowest BCUT2D eigenvalue weighted by Gasteiger charge is -2.09. The van der Waals surface area contributed by atoms with Gasteiger partial charge < -0.3 is 0 Å². The van der Waals surface area contributed by atoms with Crippen LogP contribution >= 0.6 is 0 Å². The van der Waals surface area contributed by atoms with Crippen molar-refractivity contribution in [2.24, 2.45) is 5.10 Å². The molecule has 0 aliphatic heterocycles. The Hall–Kier alpha value is -2.49. The zero-order valence-corrected chi connectivity index (χ0v) is 9.10. The van der Waals surface area contributed by atoms with Gasteiger partial charge in [0.2, 0.25) is 6.41 Å². The number of nitrogens with zero attached hydrogens (tertiary/aromatic N) is 3. The second-order valence-electron chi connectivity index (χ2n) is 3.32. The normalized spacial score (nSPS) is 10.4. The van der Waals surface area contributed by atoms with Crippen LogP contribution in [0, 0.1) is 0 Å². The fraction of sp³-hybridized carbons (Fsp3) is 0. The molecule has 1 aromatic heterocycles. The zero-order valence-electron chi connectivity index (χ0n) is 9.10. The summed E-state index contributed by atoms with van der Waals surface area (Å²) < 4.78 is 0. The smallest absolute Gasteiger partial charge is 0.234 e. The van der Waals surface area contributed by atoms with Crippen LogP contribution in [0.1, 0.15) is 5.56 Å². The summed E-state index contributed by atoms with van der Waals surface area (Å²) in [6, 6.07) is 12.9. The number of hydrogen-bond donors (Lipinski definition) is 0. The fourth-order valence-electron chi connectivity index (χ4n) is 1.32. The number of aromatic nitrogens is 1. The average molecular weight is 225 g/mol. The third-order valence-corrected chi connectivity index (χ3v) is 2.14. The summed E-state index contributed by atoms with van der Waals surface area (Å²) in [5, 5.41) is 5.35. The van der Waals surface area contributed by atoms with Gasteiger partial charge in [0.15, 0.2) is 0 Å². The molecule has 0 atom stereocenters. The Morgan fingerprint density at radius 2 is 1.94 bits per heavy atom. The van der Waals surface area contributed by atoms with Crippen LogP contribution in [0.3, 0.4) is 0 Å². The lowest BCUT2D eigenvalue weighted by Crippen LogP contribution is -2.13. The minimum atomic E-state index is 0.669. The van der Waals surface area contributed by atoms with Gasteiger partial charge in [0.05, 0.1) is 11.9 Å². The number of para-hydroxylation sites is 1. The van der Waals surface area contributed by atoms with E-state index in [9.17, 15) is 4.79 Å². The highest BCUT2D eigenvalue weighted by Gasteiger charge is 2.00. The van der Waals surface area contributed by atoms with Crippen LogP contribution in [0.25, 0.3) is 0 Å². The summed E-state index contributed by atoms with van der Waals surface area (Å²) >= 11 is 0. The van der Waals surface area contributed by atoms with Gasteiger partial charge in [-0.1, -0.05) is 24.3 Å². The molecule has 0 bridgehead atoms. The van der Waals surface area contributed by atoms with Crippen molar-refractivity contribution in [1.82, 2.24) is 4.98 Å². The van der Waals surface area contributed by atoms with Gasteiger partial charge in [-0.15, -0.1) is 0 Å². The number of anilines is 1. The van der Waals surface area contributed by atoms with Crippen LogP contribution < -0.4 is 5.01 Å². The van der Waals surface area contributed by atoms with E-state index in [2.05, 4.69) is 10.1 Å². The molecule has 1 heterocycles. The quantitative estimate of drug-likeness (QED) is 0.454. The summed E-state index contributed by atoms with van der Waals surface area (Å²) in [6.45, 7) is 0. The van der Waals surface area contributed by atoms with Crippen molar-refractivity contribution >= 4 is 18.3 Å². The summed E-state index contributed by atoms with van der Waals surface area (Å²) in [6.07, 6.45) is 5.63. The maximum atomic E-state index is 10.9. The van der Waals surface area contributed by atoms with E-state index in [4.69, 9.17) is 0 Å². The molecule has 0 saturated carbocycles. The highest BCUT2D eigenvalue weighted by Crippen LogP contribution is 2.11. The fourth-order valence-corrected chi connectivity index (χ4v) is 1.32. The Bertz CT molecular complexity index is 497. The van der Waals surface area contributed by atoms with Crippen molar-refractivity contribution in [2.75, 3.05) is 5.01 Å². The summed E-state index contributed by atoms with van der Waals surface area (Å²) in [5.74, 6) is 0. The Balaban J connectivity index is 2.16. The standard InChI is InChI=1S/C13H11N3O/c17-11-16(13-6-2-1-3-7-13)15-10-12-5-4-8-14-9-12/h1-11H/b15-10+. The van der Waals surface area contributed by atoms with Crippen LogP contribution in [0.4, 0.5) is 5.69 Å². The molecule has 4 heteroatoms. The zero-order chi connectivity index (χ0) is 11.9. The molecule has 2 rings (SSSR count). The SMILES string of the molecule is O=CN(/N=C/c1cccnc1)c1ccccc1. The molecular weight excluding hydrogens is 214 g/mol. The van der Waals surface area contributed by atoms with Gasteiger partial charge in [-0.3, -0.25) is 9.78 Å². The number of amides is 1. The molecule has 4 nitrogen and oxygen atoms in total. The van der Waals surface area contributed by atoms with Gasteiger partial charge in [-0.05, 0) is 18.2 Å². The molecule has 1 amide bonds. The van der Waals surface area contributed by atoms with Crippen molar-refractivity contribution in [1.29, 1.82) is 0 Å². The monoisotopic (exact) mass is 225 g/mol. The van der Waals surface area contributed by atoms with Gasteiger partial charge in [0.25, 0.3) is 0 Å². The van der Waals surface area contributed by atoms with Crippen LogP contribution in [0.15, 0.2) is 60.0 Å². The number of benzene rings is 1. The highest BCUT2D eigenvalue weighted by atomic mass is 16.1. The van der Waals surface area contributed by atoms with E-state index >= 15 is 0 Å². The summed E-state index contributed by atoms with van der Waals surface area (Å²) in [5.41, 5.74) is 1.57. The van der Waals surface area contributed by atoms with Crippen molar-refractivity contribution in [2.45, 2.75) is 0 Å². The number of pyridine rings is 1. The molecule has 0 radical (unpaired) electrons.